The van der Waals surface area contributed by atoms with Crippen molar-refractivity contribution in [2.75, 3.05) is 12.3 Å². The third-order valence-electron chi connectivity index (χ3n) is 3.58. The number of rotatable bonds is 1. The van der Waals surface area contributed by atoms with Crippen LogP contribution in [0.5, 0.6) is 0 Å². The first-order chi connectivity index (χ1) is 7.28. The summed E-state index contributed by atoms with van der Waals surface area (Å²) >= 11 is 0. The van der Waals surface area contributed by atoms with Gasteiger partial charge in [-0.2, -0.15) is 0 Å². The van der Waals surface area contributed by atoms with Gasteiger partial charge >= 0.3 is 0 Å². The minimum atomic E-state index is -2.07. The molecular formula is C13H15OP. The summed E-state index contributed by atoms with van der Waals surface area (Å²) < 4.78 is 12.8. The third-order valence-corrected chi connectivity index (χ3v) is 6.60. The predicted octanol–water partition coefficient (Wildman–Crippen LogP) is 3.17. The molecule has 1 nitrogen and oxygen atoms in total. The van der Waals surface area contributed by atoms with Gasteiger partial charge in [0.05, 0.1) is 0 Å². The fraction of sp³-hybridized carbons (Fsp3) is 0.385. The van der Waals surface area contributed by atoms with Crippen molar-refractivity contribution < 1.29 is 4.57 Å². The summed E-state index contributed by atoms with van der Waals surface area (Å²) in [5.41, 5.74) is 3.03. The van der Waals surface area contributed by atoms with Crippen LogP contribution in [-0.2, 0) is 4.57 Å². The first-order valence-electron chi connectivity index (χ1n) is 5.61. The molecule has 1 heterocycles. The zero-order valence-electron chi connectivity index (χ0n) is 8.78. The summed E-state index contributed by atoms with van der Waals surface area (Å²) in [5, 5.41) is 1.08. The molecule has 0 aromatic heterocycles. The van der Waals surface area contributed by atoms with Gasteiger partial charge in [-0.25, -0.2) is 0 Å². The van der Waals surface area contributed by atoms with E-state index in [9.17, 15) is 4.57 Å². The number of hydrogen-bond donors (Lipinski definition) is 0. The second-order valence-electron chi connectivity index (χ2n) is 4.60. The van der Waals surface area contributed by atoms with Crippen molar-refractivity contribution in [3.8, 4) is 0 Å². The molecule has 0 saturated carbocycles. The van der Waals surface area contributed by atoms with Crippen molar-refractivity contribution in [1.82, 2.24) is 0 Å². The lowest BCUT2D eigenvalue weighted by atomic mass is 10.2. The Morgan fingerprint density at radius 3 is 2.13 bits per heavy atom. The van der Waals surface area contributed by atoms with E-state index >= 15 is 0 Å². The van der Waals surface area contributed by atoms with Gasteiger partial charge in [-0.05, 0) is 19.3 Å². The van der Waals surface area contributed by atoms with Gasteiger partial charge in [0.2, 0.25) is 0 Å². The number of allylic oxidation sites excluding steroid dienone is 2. The van der Waals surface area contributed by atoms with E-state index in [1.807, 2.05) is 30.3 Å². The number of hydrogen-bond acceptors (Lipinski definition) is 1. The Morgan fingerprint density at radius 2 is 1.53 bits per heavy atom. The van der Waals surface area contributed by atoms with Crippen molar-refractivity contribution in [3.05, 3.63) is 41.5 Å². The molecule has 2 aliphatic rings. The molecule has 2 heteroatoms. The molecule has 3 rings (SSSR count). The van der Waals surface area contributed by atoms with Crippen LogP contribution in [0.4, 0.5) is 0 Å². The maximum Gasteiger partial charge on any atom is 0.123 e. The van der Waals surface area contributed by atoms with Crippen molar-refractivity contribution in [2.45, 2.75) is 19.3 Å². The SMILES string of the molecule is O=P1(c2ccccc2)CC2=C(CCC2)C1. The zero-order chi connectivity index (χ0) is 10.3. The highest BCUT2D eigenvalue weighted by molar-refractivity contribution is 7.72. The summed E-state index contributed by atoms with van der Waals surface area (Å²) in [5.74, 6) is 0. The maximum atomic E-state index is 12.8. The summed E-state index contributed by atoms with van der Waals surface area (Å²) in [7, 11) is -2.07. The Bertz CT molecular complexity index is 439. The predicted molar refractivity (Wildman–Crippen MR) is 64.3 cm³/mol. The van der Waals surface area contributed by atoms with Crippen LogP contribution in [-0.4, -0.2) is 12.3 Å². The molecule has 0 spiro atoms. The topological polar surface area (TPSA) is 17.1 Å². The van der Waals surface area contributed by atoms with Crippen LogP contribution in [0, 0.1) is 0 Å². The molecule has 0 fully saturated rings. The Balaban J connectivity index is 1.94. The van der Waals surface area contributed by atoms with E-state index in [4.69, 9.17) is 0 Å². The van der Waals surface area contributed by atoms with Crippen molar-refractivity contribution in [2.24, 2.45) is 0 Å². The molecule has 1 aliphatic heterocycles. The van der Waals surface area contributed by atoms with Crippen LogP contribution in [0.1, 0.15) is 19.3 Å². The molecule has 0 saturated heterocycles. The van der Waals surface area contributed by atoms with Gasteiger partial charge in [0, 0.05) is 17.6 Å². The average molecular weight is 218 g/mol. The molecule has 15 heavy (non-hydrogen) atoms. The first kappa shape index (κ1) is 9.42. The fourth-order valence-corrected chi connectivity index (χ4v) is 5.99. The summed E-state index contributed by atoms with van der Waals surface area (Å²) in [6.45, 7) is 0. The highest BCUT2D eigenvalue weighted by Gasteiger charge is 2.36. The van der Waals surface area contributed by atoms with Gasteiger partial charge < -0.3 is 4.57 Å². The van der Waals surface area contributed by atoms with Crippen LogP contribution in [0.2, 0.25) is 0 Å². The second-order valence-corrected chi connectivity index (χ2v) is 7.53. The lowest BCUT2D eigenvalue weighted by Gasteiger charge is -2.13. The lowest BCUT2D eigenvalue weighted by Crippen LogP contribution is -2.07. The van der Waals surface area contributed by atoms with Gasteiger partial charge in [0.25, 0.3) is 0 Å². The van der Waals surface area contributed by atoms with Crippen LogP contribution < -0.4 is 5.30 Å². The molecule has 1 aromatic rings. The standard InChI is InChI=1S/C13H15OP/c14-15(13-7-2-1-3-8-13)9-11-5-4-6-12(11)10-15/h1-3,7-8H,4-6,9-10H2. The number of benzene rings is 1. The zero-order valence-corrected chi connectivity index (χ0v) is 9.67. The molecule has 0 bridgehead atoms. The van der Waals surface area contributed by atoms with Gasteiger partial charge in [0.15, 0.2) is 0 Å². The molecule has 0 atom stereocenters. The van der Waals surface area contributed by atoms with Crippen molar-refractivity contribution >= 4 is 12.4 Å². The van der Waals surface area contributed by atoms with Crippen LogP contribution in [0.3, 0.4) is 0 Å². The highest BCUT2D eigenvalue weighted by Crippen LogP contribution is 2.56. The highest BCUT2D eigenvalue weighted by atomic mass is 31.2. The maximum absolute atomic E-state index is 12.8. The molecule has 0 N–H and O–H groups in total. The lowest BCUT2D eigenvalue weighted by molar-refractivity contribution is 0.584. The molecule has 78 valence electrons. The Hall–Kier alpha value is -0.810. The summed E-state index contributed by atoms with van der Waals surface area (Å²) in [4.78, 5) is 0. The molecule has 0 amide bonds. The van der Waals surface area contributed by atoms with E-state index in [2.05, 4.69) is 0 Å². The third kappa shape index (κ3) is 1.50. The molecule has 1 aromatic carbocycles. The summed E-state index contributed by atoms with van der Waals surface area (Å²) in [6, 6.07) is 10.1. The van der Waals surface area contributed by atoms with Crippen molar-refractivity contribution in [3.63, 3.8) is 0 Å². The largest absolute Gasteiger partial charge is 0.318 e. The molecule has 0 radical (unpaired) electrons. The quantitative estimate of drug-likeness (QED) is 0.522. The van der Waals surface area contributed by atoms with E-state index in [1.165, 1.54) is 30.4 Å². The molecular weight excluding hydrogens is 203 g/mol. The Labute approximate surface area is 90.6 Å². The van der Waals surface area contributed by atoms with E-state index in [1.54, 1.807) is 0 Å². The van der Waals surface area contributed by atoms with Crippen LogP contribution in [0.25, 0.3) is 0 Å². The van der Waals surface area contributed by atoms with Gasteiger partial charge in [-0.1, -0.05) is 41.5 Å². The minimum absolute atomic E-state index is 0.867. The van der Waals surface area contributed by atoms with E-state index in [0.29, 0.717) is 0 Å². The first-order valence-corrected chi connectivity index (χ1v) is 7.69. The average Bonchev–Trinajstić information content (AvgIpc) is 2.78. The van der Waals surface area contributed by atoms with E-state index < -0.39 is 7.14 Å². The summed E-state index contributed by atoms with van der Waals surface area (Å²) in [6.07, 6.45) is 5.43. The van der Waals surface area contributed by atoms with Gasteiger partial charge in [-0.3, -0.25) is 0 Å². The normalized spacial score (nSPS) is 23.2. The van der Waals surface area contributed by atoms with Gasteiger partial charge in [0.1, 0.15) is 7.14 Å². The monoisotopic (exact) mass is 218 g/mol. The molecule has 0 unspecified atom stereocenters. The molecule has 1 aliphatic carbocycles. The van der Waals surface area contributed by atoms with Gasteiger partial charge in [-0.15, -0.1) is 0 Å². The van der Waals surface area contributed by atoms with Crippen LogP contribution >= 0.6 is 7.14 Å². The second kappa shape index (κ2) is 3.35. The van der Waals surface area contributed by atoms with E-state index in [0.717, 1.165) is 17.6 Å². The Kier molecular flexibility index (Phi) is 2.10. The Morgan fingerprint density at radius 1 is 0.933 bits per heavy atom. The van der Waals surface area contributed by atoms with Crippen LogP contribution in [0.15, 0.2) is 41.5 Å². The minimum Gasteiger partial charge on any atom is -0.318 e. The smallest absolute Gasteiger partial charge is 0.123 e. The van der Waals surface area contributed by atoms with Crippen molar-refractivity contribution in [1.29, 1.82) is 0 Å². The fourth-order valence-electron chi connectivity index (χ4n) is 2.81. The van der Waals surface area contributed by atoms with E-state index in [-0.39, 0.29) is 0 Å².